The molecule has 0 spiro atoms. The molecule has 4 aromatic rings. The molecule has 2 heterocycles. The summed E-state index contributed by atoms with van der Waals surface area (Å²) >= 11 is 0. The fraction of sp³-hybridized carbons (Fsp3) is 0.355. The van der Waals surface area contributed by atoms with Gasteiger partial charge in [-0.2, -0.15) is 0 Å². The average molecular weight is 531 g/mol. The second kappa shape index (κ2) is 11.0. The second-order valence-corrected chi connectivity index (χ2v) is 9.80. The second-order valence-electron chi connectivity index (χ2n) is 9.80. The van der Waals surface area contributed by atoms with Gasteiger partial charge in [-0.25, -0.2) is 9.59 Å². The van der Waals surface area contributed by atoms with Crippen molar-refractivity contribution < 1.29 is 28.6 Å². The van der Waals surface area contributed by atoms with E-state index in [-0.39, 0.29) is 18.4 Å². The predicted molar refractivity (Wildman–Crippen MR) is 149 cm³/mol. The Bertz CT molecular complexity index is 1520. The standard InChI is InChI=1S/C31H34N2O6/c1-5-37-30(35)24-20(4)39-29-23-10-8-7-9-22(23)28(34)26(25(24)29)27(21-13-11-19(3)12-14-21)32-15-17-33(18-16-32)31(36)38-6-2/h7-14,27,34H,5-6,15-18H2,1-4H3. The monoisotopic (exact) mass is 530 g/mol. The van der Waals surface area contributed by atoms with Crippen molar-refractivity contribution >= 4 is 33.8 Å². The number of carbonyl (C=O) groups is 2. The lowest BCUT2D eigenvalue weighted by Gasteiger charge is -2.39. The predicted octanol–water partition coefficient (Wildman–Crippen LogP) is 5.95. The summed E-state index contributed by atoms with van der Waals surface area (Å²) in [6, 6.07) is 15.3. The number of aromatic hydroxyl groups is 1. The fourth-order valence-electron chi connectivity index (χ4n) is 5.54. The minimum absolute atomic E-state index is 0.0999. The zero-order valence-electron chi connectivity index (χ0n) is 22.8. The normalized spacial score (nSPS) is 15.0. The third kappa shape index (κ3) is 4.81. The highest BCUT2D eigenvalue weighted by Gasteiger charge is 2.35. The van der Waals surface area contributed by atoms with Gasteiger partial charge < -0.3 is 23.9 Å². The molecule has 0 aliphatic carbocycles. The minimum Gasteiger partial charge on any atom is -0.507 e. The van der Waals surface area contributed by atoms with Crippen molar-refractivity contribution in [3.05, 3.63) is 76.5 Å². The number of benzene rings is 3. The van der Waals surface area contributed by atoms with Crippen molar-refractivity contribution in [3.63, 3.8) is 0 Å². The Morgan fingerprint density at radius 2 is 1.56 bits per heavy atom. The maximum atomic E-state index is 13.3. The van der Waals surface area contributed by atoms with E-state index in [0.717, 1.165) is 16.5 Å². The van der Waals surface area contributed by atoms with Crippen molar-refractivity contribution in [2.45, 2.75) is 33.7 Å². The Hall–Kier alpha value is -4.04. The lowest BCUT2D eigenvalue weighted by Crippen LogP contribution is -2.50. The number of carbonyl (C=O) groups excluding carboxylic acids is 2. The highest BCUT2D eigenvalue weighted by atomic mass is 16.6. The van der Waals surface area contributed by atoms with E-state index >= 15 is 0 Å². The summed E-state index contributed by atoms with van der Waals surface area (Å²) in [6.07, 6.45) is -0.324. The van der Waals surface area contributed by atoms with Gasteiger partial charge in [0.25, 0.3) is 0 Å². The number of hydrogen-bond donors (Lipinski definition) is 1. The van der Waals surface area contributed by atoms with E-state index in [1.165, 1.54) is 0 Å². The van der Waals surface area contributed by atoms with Crippen LogP contribution >= 0.6 is 0 Å². The molecule has 0 bridgehead atoms. The smallest absolute Gasteiger partial charge is 0.409 e. The van der Waals surface area contributed by atoms with Crippen molar-refractivity contribution in [1.82, 2.24) is 9.80 Å². The summed E-state index contributed by atoms with van der Waals surface area (Å²) in [5.41, 5.74) is 3.54. The number of fused-ring (bicyclic) bond motifs is 3. The van der Waals surface area contributed by atoms with Crippen molar-refractivity contribution in [1.29, 1.82) is 0 Å². The number of amides is 1. The van der Waals surface area contributed by atoms with Crippen LogP contribution in [0.15, 0.2) is 52.9 Å². The van der Waals surface area contributed by atoms with Gasteiger partial charge in [0.15, 0.2) is 0 Å². The number of ether oxygens (including phenoxy) is 2. The quantitative estimate of drug-likeness (QED) is 0.308. The molecule has 0 radical (unpaired) electrons. The van der Waals surface area contributed by atoms with Crippen molar-refractivity contribution in [2.24, 2.45) is 0 Å². The molecule has 8 nitrogen and oxygen atoms in total. The average Bonchev–Trinajstić information content (AvgIpc) is 3.29. The number of hydrogen-bond acceptors (Lipinski definition) is 7. The van der Waals surface area contributed by atoms with Gasteiger partial charge in [-0.1, -0.05) is 54.1 Å². The Kier molecular flexibility index (Phi) is 7.48. The molecule has 1 N–H and O–H groups in total. The Morgan fingerprint density at radius 1 is 0.923 bits per heavy atom. The van der Waals surface area contributed by atoms with Gasteiger partial charge in [-0.3, -0.25) is 4.90 Å². The largest absolute Gasteiger partial charge is 0.507 e. The van der Waals surface area contributed by atoms with Crippen LogP contribution in [0.3, 0.4) is 0 Å². The van der Waals surface area contributed by atoms with E-state index in [0.29, 0.717) is 66.0 Å². The van der Waals surface area contributed by atoms with Gasteiger partial charge in [-0.15, -0.1) is 0 Å². The summed E-state index contributed by atoms with van der Waals surface area (Å²) in [6.45, 7) is 9.95. The van der Waals surface area contributed by atoms with Crippen LogP contribution in [0.5, 0.6) is 5.75 Å². The molecule has 1 aliphatic rings. The molecule has 204 valence electrons. The Balaban J connectivity index is 1.75. The Morgan fingerprint density at radius 3 is 2.21 bits per heavy atom. The molecule has 1 fully saturated rings. The summed E-state index contributed by atoms with van der Waals surface area (Å²) in [4.78, 5) is 29.6. The van der Waals surface area contributed by atoms with E-state index in [9.17, 15) is 14.7 Å². The number of esters is 1. The molecular weight excluding hydrogens is 496 g/mol. The van der Waals surface area contributed by atoms with Crippen LogP contribution in [0.2, 0.25) is 0 Å². The molecule has 1 aromatic heterocycles. The summed E-state index contributed by atoms with van der Waals surface area (Å²) in [7, 11) is 0. The molecule has 1 atom stereocenters. The highest BCUT2D eigenvalue weighted by molar-refractivity contribution is 6.16. The third-order valence-electron chi connectivity index (χ3n) is 7.39. The van der Waals surface area contributed by atoms with Crippen LogP contribution in [0.1, 0.15) is 52.7 Å². The number of furan rings is 1. The maximum Gasteiger partial charge on any atom is 0.409 e. The number of aryl methyl sites for hydroxylation is 2. The van der Waals surface area contributed by atoms with Crippen LogP contribution in [0.25, 0.3) is 21.7 Å². The van der Waals surface area contributed by atoms with Gasteiger partial charge in [0.2, 0.25) is 0 Å². The number of rotatable bonds is 6. The summed E-state index contributed by atoms with van der Waals surface area (Å²) in [5.74, 6) is 0.0533. The van der Waals surface area contributed by atoms with Gasteiger partial charge in [0.1, 0.15) is 22.7 Å². The first-order chi connectivity index (χ1) is 18.8. The third-order valence-corrected chi connectivity index (χ3v) is 7.39. The molecule has 1 saturated heterocycles. The van der Waals surface area contributed by atoms with E-state index < -0.39 is 12.0 Å². The molecule has 3 aromatic carbocycles. The first kappa shape index (κ1) is 26.6. The van der Waals surface area contributed by atoms with Gasteiger partial charge >= 0.3 is 12.1 Å². The summed E-state index contributed by atoms with van der Waals surface area (Å²) < 4.78 is 16.9. The fourth-order valence-corrected chi connectivity index (χ4v) is 5.54. The highest BCUT2D eigenvalue weighted by Crippen LogP contribution is 2.47. The zero-order chi connectivity index (χ0) is 27.7. The first-order valence-corrected chi connectivity index (χ1v) is 13.4. The van der Waals surface area contributed by atoms with Gasteiger partial charge in [0, 0.05) is 47.9 Å². The lowest BCUT2D eigenvalue weighted by atomic mass is 9.88. The Labute approximate surface area is 227 Å². The van der Waals surface area contributed by atoms with Crippen molar-refractivity contribution in [3.8, 4) is 5.75 Å². The number of piperazine rings is 1. The maximum absolute atomic E-state index is 13.3. The van der Waals surface area contributed by atoms with E-state index in [1.54, 1.807) is 25.7 Å². The molecular formula is C31H34N2O6. The van der Waals surface area contributed by atoms with Crippen molar-refractivity contribution in [2.75, 3.05) is 39.4 Å². The molecule has 8 heteroatoms. The van der Waals surface area contributed by atoms with Crippen LogP contribution < -0.4 is 0 Å². The number of phenols is 1. The van der Waals surface area contributed by atoms with E-state index in [2.05, 4.69) is 17.0 Å². The topological polar surface area (TPSA) is 92.5 Å². The van der Waals surface area contributed by atoms with Crippen LogP contribution in [-0.4, -0.2) is 66.4 Å². The SMILES string of the molecule is CCOC(=O)c1c(C)oc2c1c(C(c1ccc(C)cc1)N1CCN(C(=O)OCC)CC1)c(O)c1ccccc12. The van der Waals surface area contributed by atoms with E-state index in [4.69, 9.17) is 13.9 Å². The zero-order valence-corrected chi connectivity index (χ0v) is 22.8. The lowest BCUT2D eigenvalue weighted by molar-refractivity contribution is 0.0525. The summed E-state index contributed by atoms with van der Waals surface area (Å²) in [5, 5.41) is 13.8. The molecule has 5 rings (SSSR count). The van der Waals surface area contributed by atoms with Crippen LogP contribution in [-0.2, 0) is 9.47 Å². The number of nitrogens with zero attached hydrogens (tertiary/aromatic N) is 2. The van der Waals surface area contributed by atoms with E-state index in [1.807, 2.05) is 43.3 Å². The first-order valence-electron chi connectivity index (χ1n) is 13.4. The molecule has 39 heavy (non-hydrogen) atoms. The molecule has 1 aliphatic heterocycles. The van der Waals surface area contributed by atoms with Crippen LogP contribution in [0.4, 0.5) is 4.79 Å². The molecule has 1 unspecified atom stereocenters. The van der Waals surface area contributed by atoms with Gasteiger partial charge in [0.05, 0.1) is 19.3 Å². The van der Waals surface area contributed by atoms with Crippen LogP contribution in [0, 0.1) is 13.8 Å². The van der Waals surface area contributed by atoms with Gasteiger partial charge in [-0.05, 0) is 33.3 Å². The number of phenolic OH excluding ortho intramolecular Hbond substituents is 1. The molecule has 1 amide bonds. The minimum atomic E-state index is -0.487. The molecule has 0 saturated carbocycles.